The molecule has 3 unspecified atom stereocenters. The summed E-state index contributed by atoms with van der Waals surface area (Å²) in [7, 11) is 0. The number of benzene rings is 6. The fourth-order valence-corrected chi connectivity index (χ4v) is 11.8. The minimum absolute atomic E-state index is 0.0731. The van der Waals surface area contributed by atoms with Gasteiger partial charge in [-0.25, -0.2) is 19.7 Å². The van der Waals surface area contributed by atoms with Crippen LogP contribution in [0.2, 0.25) is 15.1 Å². The summed E-state index contributed by atoms with van der Waals surface area (Å²) in [5.41, 5.74) is 3.13. The largest absolute Gasteiger partial charge is 0.508 e. The van der Waals surface area contributed by atoms with Gasteiger partial charge in [0.1, 0.15) is 56.6 Å². The highest BCUT2D eigenvalue weighted by molar-refractivity contribution is 7.15. The number of phenols is 1. The summed E-state index contributed by atoms with van der Waals surface area (Å²) in [5, 5.41) is 42.0. The second kappa shape index (κ2) is 28.9. The van der Waals surface area contributed by atoms with Crippen molar-refractivity contribution in [1.29, 1.82) is 10.5 Å². The van der Waals surface area contributed by atoms with E-state index in [2.05, 4.69) is 29.6 Å². The van der Waals surface area contributed by atoms with Crippen LogP contribution >= 0.6 is 68.8 Å². The number of nitrogens with one attached hydrogen (secondary N) is 1. The summed E-state index contributed by atoms with van der Waals surface area (Å²) in [5.74, 6) is 0.596. The van der Waals surface area contributed by atoms with Crippen molar-refractivity contribution in [3.63, 3.8) is 0 Å². The predicted octanol–water partition coefficient (Wildman–Crippen LogP) is 19.2. The van der Waals surface area contributed by atoms with Crippen LogP contribution in [0.25, 0.3) is 43.1 Å². The third-order valence-electron chi connectivity index (χ3n) is 12.4. The summed E-state index contributed by atoms with van der Waals surface area (Å²) < 4.78 is 130. The summed E-state index contributed by atoms with van der Waals surface area (Å²) in [6, 6.07) is 32.5. The number of alkyl halides is 9. The topological polar surface area (TPSA) is 204 Å². The van der Waals surface area contributed by atoms with Crippen LogP contribution in [0.5, 0.6) is 17.2 Å². The Morgan fingerprint density at radius 1 is 0.539 bits per heavy atom. The van der Waals surface area contributed by atoms with Crippen molar-refractivity contribution in [1.82, 2.24) is 25.1 Å². The van der Waals surface area contributed by atoms with E-state index in [-0.39, 0.29) is 28.8 Å². The van der Waals surface area contributed by atoms with Gasteiger partial charge in [0.2, 0.25) is 0 Å². The van der Waals surface area contributed by atoms with Crippen LogP contribution in [-0.4, -0.2) is 35.3 Å². The Balaban J connectivity index is 0.000000180. The molecule has 0 aliphatic rings. The molecule has 4 heterocycles. The second-order valence-electron chi connectivity index (χ2n) is 18.9. The highest BCUT2D eigenvalue weighted by atomic mass is 35.5. The Bertz CT molecular complexity index is 4230. The van der Waals surface area contributed by atoms with E-state index in [0.717, 1.165) is 62.4 Å². The van der Waals surface area contributed by atoms with E-state index in [1.165, 1.54) is 88.6 Å². The average Bonchev–Trinajstić information content (AvgIpc) is 2.29. The molecule has 0 fully saturated rings. The molecule has 3 atom stereocenters. The van der Waals surface area contributed by atoms with Crippen LogP contribution in [0, 0.1) is 43.4 Å². The first-order valence-corrected chi connectivity index (χ1v) is 29.3. The fraction of sp³-hybridized carbons (Fsp3) is 0.197. The van der Waals surface area contributed by atoms with E-state index in [1.54, 1.807) is 50.2 Å². The van der Waals surface area contributed by atoms with Gasteiger partial charge >= 0.3 is 24.3 Å². The monoisotopic (exact) mass is 1340 g/mol. The van der Waals surface area contributed by atoms with Gasteiger partial charge in [-0.05, 0) is 126 Å². The highest BCUT2D eigenvalue weighted by Crippen LogP contribution is 2.40. The van der Waals surface area contributed by atoms with Gasteiger partial charge < -0.3 is 19.7 Å². The Labute approximate surface area is 528 Å². The molecule has 0 bridgehead atoms. The van der Waals surface area contributed by atoms with Crippen LogP contribution < -0.4 is 15.2 Å². The lowest BCUT2D eigenvalue weighted by Gasteiger charge is -2.14. The number of nitrogens with zero attached hydrogens (tertiary/aromatic N) is 6. The van der Waals surface area contributed by atoms with Crippen molar-refractivity contribution in [3.05, 3.63) is 213 Å². The summed E-state index contributed by atoms with van der Waals surface area (Å²) in [6.07, 6.45) is -14.4. The maximum absolute atomic E-state index is 12.8. The van der Waals surface area contributed by atoms with Crippen LogP contribution in [0.4, 0.5) is 39.5 Å². The summed E-state index contributed by atoms with van der Waals surface area (Å²) in [4.78, 5) is 29.2. The number of nitriles is 2. The van der Waals surface area contributed by atoms with E-state index in [4.69, 9.17) is 59.9 Å². The van der Waals surface area contributed by atoms with E-state index >= 15 is 0 Å². The standard InChI is InChI=1S/C21H15ClF3N3O3S.C20H14ClF3N2OS.C13H12F3NOS.C7H4ClNO/c1-10-17(32-19(26-10)12-3-5-13(6-4-12)21(23,24)25)11(2)30-14-7-8-15(16(22)9-14)18-27-20(29)31-28-18;1-11-18(12(2)27-16-8-5-14(10-25)17(21)9-16)28-19(26-11)13-3-6-15(7-4-13)20(22,23)24;1-7-11(8(2)18)19-12(17-7)9-3-5-10(6-4-9)13(14,15)16;8-7-3-6(10)2-1-5(7)4-9/h3-9,11H,1-2H3,(H,27,28,29);3-9,12H,1-2H3;3-6,8,18H,1-2H3;1-3,10H. The molecule has 0 saturated heterocycles. The normalized spacial score (nSPS) is 12.4. The van der Waals surface area contributed by atoms with Gasteiger partial charge in [0, 0.05) is 28.3 Å². The summed E-state index contributed by atoms with van der Waals surface area (Å²) >= 11 is 21.9. The number of rotatable bonds is 11. The third-order valence-corrected chi connectivity index (χ3v) is 17.4. The first-order chi connectivity index (χ1) is 41.8. The average molecular weight is 1350 g/mol. The zero-order valence-electron chi connectivity index (χ0n) is 46.8. The quantitative estimate of drug-likeness (QED) is 0.104. The smallest absolute Gasteiger partial charge is 0.439 e. The van der Waals surface area contributed by atoms with Gasteiger partial charge in [-0.15, -0.1) is 34.0 Å². The Morgan fingerprint density at radius 2 is 0.899 bits per heavy atom. The molecule has 6 aromatic carbocycles. The van der Waals surface area contributed by atoms with Gasteiger partial charge in [0.15, 0.2) is 5.82 Å². The molecule has 3 N–H and O–H groups in total. The van der Waals surface area contributed by atoms with Gasteiger partial charge in [-0.2, -0.15) is 50.0 Å². The molecule has 13 nitrogen and oxygen atoms in total. The summed E-state index contributed by atoms with van der Waals surface area (Å²) in [6.45, 7) is 10.7. The number of aromatic nitrogens is 5. The van der Waals surface area contributed by atoms with Crippen molar-refractivity contribution < 1.29 is 63.7 Å². The number of aliphatic hydroxyl groups is 1. The van der Waals surface area contributed by atoms with E-state index in [1.807, 2.05) is 39.8 Å². The molecule has 10 aromatic rings. The fourth-order valence-electron chi connectivity index (χ4n) is 8.02. The highest BCUT2D eigenvalue weighted by Gasteiger charge is 2.32. The van der Waals surface area contributed by atoms with E-state index in [0.29, 0.717) is 75.6 Å². The Morgan fingerprint density at radius 3 is 1.22 bits per heavy atom. The van der Waals surface area contributed by atoms with E-state index in [9.17, 15) is 49.4 Å². The van der Waals surface area contributed by atoms with Crippen molar-refractivity contribution in [2.24, 2.45) is 0 Å². The first-order valence-electron chi connectivity index (χ1n) is 25.7. The molecular formula is C61H45Cl3F9N7O6S3. The number of aliphatic hydroxyl groups excluding tert-OH is 1. The molecule has 0 spiro atoms. The number of H-pyrrole nitrogens is 1. The van der Waals surface area contributed by atoms with Crippen molar-refractivity contribution >= 4 is 68.8 Å². The molecular weight excluding hydrogens is 1300 g/mol. The maximum Gasteiger partial charge on any atom is 0.439 e. The van der Waals surface area contributed by atoms with Crippen LogP contribution in [0.1, 0.15) is 98.6 Å². The molecule has 89 heavy (non-hydrogen) atoms. The molecule has 28 heteroatoms. The number of hydrogen-bond acceptors (Lipinski definition) is 15. The number of aromatic hydroxyl groups is 1. The SMILES string of the molecule is Cc1nc(-c2ccc(C(F)(F)F)cc2)sc1C(C)O.Cc1nc(-c2ccc(C(F)(F)F)cc2)sc1C(C)Oc1ccc(-c2noc(=O)[nH]2)c(Cl)c1.Cc1nc(-c2ccc(C(F)(F)F)cc2)sc1C(C)Oc1ccc(C#N)c(Cl)c1.N#Cc1ccc(O)cc1Cl. The molecule has 10 rings (SSSR count). The second-order valence-corrected chi connectivity index (χ2v) is 23.3. The zero-order chi connectivity index (χ0) is 65.3. The molecule has 4 aromatic heterocycles. The number of halogens is 12. The van der Waals surface area contributed by atoms with Crippen LogP contribution in [0.3, 0.4) is 0 Å². The lowest BCUT2D eigenvalue weighted by Crippen LogP contribution is -2.03. The number of ether oxygens (including phenoxy) is 2. The molecule has 0 amide bonds. The van der Waals surface area contributed by atoms with Crippen molar-refractivity contribution in [2.75, 3.05) is 0 Å². The minimum atomic E-state index is -4.38. The number of aryl methyl sites for hydroxylation is 3. The third kappa shape index (κ3) is 18.0. The van der Waals surface area contributed by atoms with Gasteiger partial charge in [-0.1, -0.05) is 76.4 Å². The van der Waals surface area contributed by atoms with Crippen molar-refractivity contribution in [3.8, 4) is 72.5 Å². The molecule has 462 valence electrons. The number of thiazole rings is 3. The van der Waals surface area contributed by atoms with Crippen LogP contribution in [-0.2, 0) is 18.5 Å². The predicted molar refractivity (Wildman–Crippen MR) is 322 cm³/mol. The molecule has 0 aliphatic carbocycles. The lowest BCUT2D eigenvalue weighted by atomic mass is 10.1. The zero-order valence-corrected chi connectivity index (χ0v) is 51.5. The van der Waals surface area contributed by atoms with E-state index < -0.39 is 47.1 Å². The minimum Gasteiger partial charge on any atom is -0.508 e. The van der Waals surface area contributed by atoms with Crippen molar-refractivity contribution in [2.45, 2.75) is 78.4 Å². The molecule has 0 saturated carbocycles. The Hall–Kier alpha value is -8.27. The first kappa shape index (κ1) is 68.2. The maximum atomic E-state index is 12.8. The number of hydrogen-bond donors (Lipinski definition) is 3. The Kier molecular flexibility index (Phi) is 22.2. The van der Waals surface area contributed by atoms with Gasteiger partial charge in [-0.3, -0.25) is 9.51 Å². The molecule has 0 aliphatic heterocycles. The lowest BCUT2D eigenvalue weighted by molar-refractivity contribution is -0.138. The number of aromatic amines is 1. The molecule has 0 radical (unpaired) electrons. The number of phenolic OH excluding ortho intramolecular Hbond substituents is 1. The van der Waals surface area contributed by atoms with Crippen LogP contribution in [0.15, 0.2) is 137 Å². The van der Waals surface area contributed by atoms with Gasteiger partial charge in [0.25, 0.3) is 0 Å². The van der Waals surface area contributed by atoms with Gasteiger partial charge in [0.05, 0.1) is 80.7 Å².